The van der Waals surface area contributed by atoms with Gasteiger partial charge in [-0.05, 0) is 36.4 Å². The summed E-state index contributed by atoms with van der Waals surface area (Å²) in [6.45, 7) is -0.493. The predicted molar refractivity (Wildman–Crippen MR) is 129 cm³/mol. The molecule has 0 aliphatic carbocycles. The Hall–Kier alpha value is -3.67. The molecule has 35 heavy (non-hydrogen) atoms. The molecule has 2 aromatic carbocycles. The Kier molecular flexibility index (Phi) is 9.01. The molecule has 7 N–H and O–H groups in total. The summed E-state index contributed by atoms with van der Waals surface area (Å²) in [6, 6.07) is 9.80. The quantitative estimate of drug-likeness (QED) is 0.256. The zero-order chi connectivity index (χ0) is 25.4. The zero-order valence-electron chi connectivity index (χ0n) is 18.6. The van der Waals surface area contributed by atoms with E-state index in [2.05, 4.69) is 26.3 Å². The number of aliphatic imine (C=N–C) groups is 1. The highest BCUT2D eigenvalue weighted by molar-refractivity contribution is 6.30. The molecule has 1 heterocycles. The van der Waals surface area contributed by atoms with Crippen molar-refractivity contribution in [3.63, 3.8) is 0 Å². The van der Waals surface area contributed by atoms with E-state index in [1.165, 1.54) is 18.2 Å². The number of aromatic hydroxyl groups is 1. The van der Waals surface area contributed by atoms with Gasteiger partial charge >= 0.3 is 0 Å². The van der Waals surface area contributed by atoms with Crippen molar-refractivity contribution in [1.82, 2.24) is 16.0 Å². The van der Waals surface area contributed by atoms with Crippen molar-refractivity contribution in [3.05, 3.63) is 58.6 Å². The third-order valence-corrected chi connectivity index (χ3v) is 5.31. The minimum absolute atomic E-state index is 0.176. The number of phenols is 1. The number of anilines is 1. The Bertz CT molecular complexity index is 1130. The number of Topliss-reactive ketones (excluding diaryl/α,β-unsaturated/α-hetero) is 1. The average molecular weight is 504 g/mol. The third kappa shape index (κ3) is 7.67. The molecule has 1 aliphatic rings. The van der Waals surface area contributed by atoms with E-state index in [0.29, 0.717) is 28.8 Å². The maximum absolute atomic E-state index is 12.6. The molecule has 0 saturated heterocycles. The lowest BCUT2D eigenvalue weighted by Gasteiger charge is -2.20. The number of amides is 2. The molecule has 0 fully saturated rings. The Morgan fingerprint density at radius 2 is 2.00 bits per heavy atom. The number of ketones is 1. The van der Waals surface area contributed by atoms with Crippen LogP contribution in [0, 0.1) is 0 Å². The molecule has 0 spiro atoms. The van der Waals surface area contributed by atoms with Crippen molar-refractivity contribution in [2.75, 3.05) is 31.6 Å². The van der Waals surface area contributed by atoms with Gasteiger partial charge in [0.2, 0.25) is 5.91 Å². The number of carbonyl (C=O) groups is 3. The van der Waals surface area contributed by atoms with Gasteiger partial charge in [0.05, 0.1) is 25.2 Å². The number of β-amino-alcohol motifs (C(OH)–C–C–N with tert-alkyl or cyclic N) is 1. The Morgan fingerprint density at radius 3 is 2.71 bits per heavy atom. The smallest absolute Gasteiger partial charge is 0.251 e. The molecule has 0 saturated carbocycles. The number of rotatable bonds is 9. The average Bonchev–Trinajstić information content (AvgIpc) is 2.85. The normalized spacial score (nSPS) is 15.9. The van der Waals surface area contributed by atoms with E-state index in [1.807, 2.05) is 0 Å². The zero-order valence-corrected chi connectivity index (χ0v) is 19.4. The van der Waals surface area contributed by atoms with Gasteiger partial charge < -0.3 is 36.6 Å². The first-order chi connectivity index (χ1) is 16.7. The van der Waals surface area contributed by atoms with Crippen molar-refractivity contribution in [3.8, 4) is 5.75 Å². The second-order valence-corrected chi connectivity index (χ2v) is 8.27. The summed E-state index contributed by atoms with van der Waals surface area (Å²) in [5, 5.41) is 40.1. The summed E-state index contributed by atoms with van der Waals surface area (Å²) in [6.07, 6.45) is -0.819. The Labute approximate surface area is 206 Å². The van der Waals surface area contributed by atoms with Gasteiger partial charge in [0.25, 0.3) is 5.91 Å². The van der Waals surface area contributed by atoms with Crippen LogP contribution in [0.4, 0.5) is 5.69 Å². The van der Waals surface area contributed by atoms with Gasteiger partial charge in [-0.2, -0.15) is 0 Å². The summed E-state index contributed by atoms with van der Waals surface area (Å²) in [4.78, 5) is 41.0. The maximum atomic E-state index is 12.6. The van der Waals surface area contributed by atoms with Gasteiger partial charge in [-0.3, -0.25) is 19.4 Å². The van der Waals surface area contributed by atoms with Gasteiger partial charge in [0.1, 0.15) is 12.4 Å². The molecule has 1 aliphatic heterocycles. The molecule has 0 radical (unpaired) electrons. The molecule has 2 amide bonds. The number of hydrogen-bond acceptors (Lipinski definition) is 9. The Morgan fingerprint density at radius 1 is 1.20 bits per heavy atom. The maximum Gasteiger partial charge on any atom is 0.251 e. The van der Waals surface area contributed by atoms with E-state index in [9.17, 15) is 24.6 Å². The van der Waals surface area contributed by atoms with E-state index < -0.39 is 42.9 Å². The van der Waals surface area contributed by atoms with Crippen LogP contribution in [0.3, 0.4) is 0 Å². The summed E-state index contributed by atoms with van der Waals surface area (Å²) < 4.78 is 0. The summed E-state index contributed by atoms with van der Waals surface area (Å²) in [7, 11) is 0. The van der Waals surface area contributed by atoms with Crippen molar-refractivity contribution in [2.45, 2.75) is 18.6 Å². The minimum atomic E-state index is -0.951. The largest absolute Gasteiger partial charge is 0.508 e. The second kappa shape index (κ2) is 12.2. The van der Waals surface area contributed by atoms with Crippen molar-refractivity contribution >= 4 is 40.8 Å². The highest BCUT2D eigenvalue weighted by Gasteiger charge is 2.22. The molecule has 186 valence electrons. The number of nitrogens with one attached hydrogen (secondary N) is 4. The molecule has 0 bridgehead atoms. The molecule has 0 aromatic heterocycles. The predicted octanol–water partition coefficient (Wildman–Crippen LogP) is 0.316. The van der Waals surface area contributed by atoms with Crippen molar-refractivity contribution < 1.29 is 29.7 Å². The topological polar surface area (TPSA) is 172 Å². The van der Waals surface area contributed by atoms with Crippen LogP contribution in [-0.4, -0.2) is 71.2 Å². The van der Waals surface area contributed by atoms with Gasteiger partial charge in [0, 0.05) is 34.8 Å². The first kappa shape index (κ1) is 25.9. The molecular formula is C23H26ClN5O6. The van der Waals surface area contributed by atoms with Crippen molar-refractivity contribution in [2.24, 2.45) is 4.99 Å². The van der Waals surface area contributed by atoms with Crippen LogP contribution in [0.5, 0.6) is 5.75 Å². The fourth-order valence-corrected chi connectivity index (χ4v) is 3.51. The second-order valence-electron chi connectivity index (χ2n) is 7.84. The van der Waals surface area contributed by atoms with Crippen LogP contribution >= 0.6 is 11.6 Å². The van der Waals surface area contributed by atoms with Gasteiger partial charge in [0.15, 0.2) is 11.7 Å². The lowest BCUT2D eigenvalue weighted by Crippen LogP contribution is -2.42. The summed E-state index contributed by atoms with van der Waals surface area (Å²) in [5.41, 5.74) is 1.09. The monoisotopic (exact) mass is 503 g/mol. The van der Waals surface area contributed by atoms with Gasteiger partial charge in [-0.15, -0.1) is 0 Å². The molecule has 11 nitrogen and oxygen atoms in total. The summed E-state index contributed by atoms with van der Waals surface area (Å²) in [5.74, 6) is -1.37. The van der Waals surface area contributed by atoms with Crippen LogP contribution in [-0.2, 0) is 9.59 Å². The van der Waals surface area contributed by atoms with Crippen LogP contribution in [0.15, 0.2) is 47.5 Å². The van der Waals surface area contributed by atoms with Crippen LogP contribution in [0.1, 0.15) is 28.4 Å². The van der Waals surface area contributed by atoms with Gasteiger partial charge in [-0.1, -0.05) is 17.7 Å². The highest BCUT2D eigenvalue weighted by Crippen LogP contribution is 2.29. The van der Waals surface area contributed by atoms with Gasteiger partial charge in [-0.25, -0.2) is 0 Å². The third-order valence-electron chi connectivity index (χ3n) is 5.07. The first-order valence-corrected chi connectivity index (χ1v) is 11.1. The number of phenolic OH excluding ortho intramolecular Hbond substituents is 1. The number of aliphatic hydroxyl groups is 2. The molecular weight excluding hydrogens is 478 g/mol. The van der Waals surface area contributed by atoms with E-state index in [4.69, 9.17) is 16.7 Å². The number of carbonyl (C=O) groups excluding carboxylic acids is 3. The standard InChI is InChI=1S/C23H26ClN5O6/c24-14-4-5-20(33)18(7-14)19(8-16(31)12-30)29-21(34)11-25-22(35)13-2-1-3-15(6-13)28-23-26-9-17(32)10-27-23/h1-7,17,19,30,32-33H,8-12H2,(H,25,35)(H,29,34)(H2,26,27,28). The van der Waals surface area contributed by atoms with Crippen LogP contribution < -0.4 is 21.3 Å². The fraction of sp³-hybridized carbons (Fsp3) is 0.304. The molecule has 2 unspecified atom stereocenters. The SMILES string of the molecule is O=C(CO)CC(NC(=O)CNC(=O)c1cccc(NC2=NCC(O)CN2)c1)c1cc(Cl)ccc1O. The lowest BCUT2D eigenvalue weighted by molar-refractivity contribution is -0.123. The molecule has 2 aromatic rings. The number of benzene rings is 2. The number of nitrogens with zero attached hydrogens (tertiary/aromatic N) is 1. The van der Waals surface area contributed by atoms with E-state index in [1.54, 1.807) is 24.3 Å². The van der Waals surface area contributed by atoms with Crippen LogP contribution in [0.2, 0.25) is 5.02 Å². The number of halogens is 1. The molecule has 12 heteroatoms. The van der Waals surface area contributed by atoms with E-state index in [0.717, 1.165) is 0 Å². The number of guanidine groups is 1. The number of aliphatic hydroxyl groups excluding tert-OH is 2. The van der Waals surface area contributed by atoms with Crippen LogP contribution in [0.25, 0.3) is 0 Å². The van der Waals surface area contributed by atoms with E-state index >= 15 is 0 Å². The van der Waals surface area contributed by atoms with E-state index in [-0.39, 0.29) is 24.3 Å². The minimum Gasteiger partial charge on any atom is -0.508 e. The summed E-state index contributed by atoms with van der Waals surface area (Å²) >= 11 is 5.98. The van der Waals surface area contributed by atoms with Crippen molar-refractivity contribution in [1.29, 1.82) is 0 Å². The number of hydrogen-bond donors (Lipinski definition) is 7. The highest BCUT2D eigenvalue weighted by atomic mass is 35.5. The molecule has 3 rings (SSSR count). The molecule has 2 atom stereocenters. The lowest BCUT2D eigenvalue weighted by atomic mass is 10.0. The fourth-order valence-electron chi connectivity index (χ4n) is 3.33. The first-order valence-electron chi connectivity index (χ1n) is 10.8. The Balaban J connectivity index is 1.61.